The van der Waals surface area contributed by atoms with Gasteiger partial charge in [-0.15, -0.1) is 10.2 Å². The highest BCUT2D eigenvalue weighted by Crippen LogP contribution is 2.25. The number of rotatable bonds is 9. The highest BCUT2D eigenvalue weighted by atomic mass is 35.5. The molecule has 3 aromatic rings. The van der Waals surface area contributed by atoms with Gasteiger partial charge in [-0.3, -0.25) is 9.59 Å². The van der Waals surface area contributed by atoms with Crippen LogP contribution in [0.1, 0.15) is 30.0 Å². The number of amides is 1. The highest BCUT2D eigenvalue weighted by Gasteiger charge is 2.14. The highest BCUT2D eigenvalue weighted by molar-refractivity contribution is 7.99. The Hall–Kier alpha value is -2.84. The van der Waals surface area contributed by atoms with Crippen molar-refractivity contribution in [2.24, 2.45) is 0 Å². The quantitative estimate of drug-likeness (QED) is 0.387. The summed E-state index contributed by atoms with van der Waals surface area (Å²) in [5.41, 5.74) is 1.13. The zero-order valence-electron chi connectivity index (χ0n) is 16.6. The van der Waals surface area contributed by atoms with Crippen LogP contribution in [0.3, 0.4) is 0 Å². The smallest absolute Gasteiger partial charge is 0.234 e. The van der Waals surface area contributed by atoms with E-state index < -0.39 is 0 Å². The molecule has 30 heavy (non-hydrogen) atoms. The first kappa shape index (κ1) is 21.9. The SMILES string of the molecule is CCn1c(COc2ccccc2Cl)nnc1SCC(=O)Nc1cccc(C(C)=O)c1. The molecule has 0 fully saturated rings. The van der Waals surface area contributed by atoms with Crippen LogP contribution in [-0.2, 0) is 17.9 Å². The van der Waals surface area contributed by atoms with Gasteiger partial charge in [0, 0.05) is 17.8 Å². The second-order valence-corrected chi connectivity index (χ2v) is 7.69. The van der Waals surface area contributed by atoms with Crippen LogP contribution >= 0.6 is 23.4 Å². The number of anilines is 1. The predicted octanol–water partition coefficient (Wildman–Crippen LogP) is 4.46. The van der Waals surface area contributed by atoms with Gasteiger partial charge in [0.1, 0.15) is 12.4 Å². The number of carbonyl (C=O) groups excluding carboxylic acids is 2. The van der Waals surface area contributed by atoms with E-state index in [4.69, 9.17) is 16.3 Å². The molecule has 0 atom stereocenters. The Labute approximate surface area is 183 Å². The zero-order chi connectivity index (χ0) is 21.5. The van der Waals surface area contributed by atoms with Crippen LogP contribution in [0.2, 0.25) is 5.02 Å². The van der Waals surface area contributed by atoms with Crippen LogP contribution in [0.25, 0.3) is 0 Å². The van der Waals surface area contributed by atoms with Crippen molar-refractivity contribution >= 4 is 40.7 Å². The lowest BCUT2D eigenvalue weighted by Crippen LogP contribution is -2.15. The van der Waals surface area contributed by atoms with E-state index in [1.165, 1.54) is 18.7 Å². The summed E-state index contributed by atoms with van der Waals surface area (Å²) in [7, 11) is 0. The fourth-order valence-corrected chi connectivity index (χ4v) is 3.71. The van der Waals surface area contributed by atoms with Crippen LogP contribution < -0.4 is 10.1 Å². The minimum atomic E-state index is -0.194. The molecule has 7 nitrogen and oxygen atoms in total. The maximum atomic E-state index is 12.3. The van der Waals surface area contributed by atoms with Crippen molar-refractivity contribution in [3.05, 3.63) is 64.9 Å². The molecule has 0 spiro atoms. The number of hydrogen-bond donors (Lipinski definition) is 1. The molecule has 0 aliphatic heterocycles. The molecule has 0 saturated carbocycles. The minimum Gasteiger partial charge on any atom is -0.484 e. The number of halogens is 1. The molecule has 1 heterocycles. The van der Waals surface area contributed by atoms with Gasteiger partial charge in [-0.05, 0) is 38.1 Å². The number of carbonyl (C=O) groups is 2. The monoisotopic (exact) mass is 444 g/mol. The number of thioether (sulfide) groups is 1. The van der Waals surface area contributed by atoms with E-state index in [9.17, 15) is 9.59 Å². The van der Waals surface area contributed by atoms with Crippen molar-refractivity contribution in [1.82, 2.24) is 14.8 Å². The zero-order valence-corrected chi connectivity index (χ0v) is 18.2. The second-order valence-electron chi connectivity index (χ2n) is 6.34. The van der Waals surface area contributed by atoms with Gasteiger partial charge in [0.2, 0.25) is 5.91 Å². The van der Waals surface area contributed by atoms with E-state index in [0.717, 1.165) is 0 Å². The van der Waals surface area contributed by atoms with E-state index >= 15 is 0 Å². The Balaban J connectivity index is 1.59. The topological polar surface area (TPSA) is 86.1 Å². The molecule has 0 saturated heterocycles. The number of benzene rings is 2. The summed E-state index contributed by atoms with van der Waals surface area (Å²) in [4.78, 5) is 23.8. The van der Waals surface area contributed by atoms with E-state index in [-0.39, 0.29) is 24.1 Å². The molecule has 0 bridgehead atoms. The Morgan fingerprint density at radius 3 is 2.70 bits per heavy atom. The molecule has 0 aliphatic carbocycles. The van der Waals surface area contributed by atoms with Crippen LogP contribution in [-0.4, -0.2) is 32.2 Å². The number of hydrogen-bond acceptors (Lipinski definition) is 6. The Morgan fingerprint density at radius 1 is 1.17 bits per heavy atom. The van der Waals surface area contributed by atoms with Gasteiger partial charge in [-0.2, -0.15) is 0 Å². The van der Waals surface area contributed by atoms with Crippen LogP contribution in [0.15, 0.2) is 53.7 Å². The first-order chi connectivity index (χ1) is 14.5. The van der Waals surface area contributed by atoms with Crippen molar-refractivity contribution in [2.45, 2.75) is 32.2 Å². The molecule has 1 amide bonds. The molecule has 3 rings (SSSR count). The number of para-hydroxylation sites is 1. The summed E-state index contributed by atoms with van der Waals surface area (Å²) in [6, 6.07) is 14.1. The Bertz CT molecular complexity index is 1050. The summed E-state index contributed by atoms with van der Waals surface area (Å²) in [5.74, 6) is 1.14. The number of ether oxygens (including phenoxy) is 1. The van der Waals surface area contributed by atoms with Crippen LogP contribution in [0.4, 0.5) is 5.69 Å². The van der Waals surface area contributed by atoms with Gasteiger partial charge in [0.15, 0.2) is 16.8 Å². The second kappa shape index (κ2) is 10.3. The van der Waals surface area contributed by atoms with Gasteiger partial charge in [0.05, 0.1) is 10.8 Å². The summed E-state index contributed by atoms with van der Waals surface area (Å²) in [6.07, 6.45) is 0. The fourth-order valence-electron chi connectivity index (χ4n) is 2.70. The molecule has 0 aliphatic rings. The average Bonchev–Trinajstić information content (AvgIpc) is 3.13. The van der Waals surface area contributed by atoms with E-state index in [1.807, 2.05) is 23.6 Å². The maximum Gasteiger partial charge on any atom is 0.234 e. The third-order valence-electron chi connectivity index (χ3n) is 4.19. The summed E-state index contributed by atoms with van der Waals surface area (Å²) < 4.78 is 7.64. The lowest BCUT2D eigenvalue weighted by atomic mass is 10.1. The largest absolute Gasteiger partial charge is 0.484 e. The maximum absolute atomic E-state index is 12.3. The summed E-state index contributed by atoms with van der Waals surface area (Å²) in [6.45, 7) is 4.31. The molecule has 2 aromatic carbocycles. The first-order valence-corrected chi connectivity index (χ1v) is 10.7. The van der Waals surface area contributed by atoms with Gasteiger partial charge in [0.25, 0.3) is 0 Å². The normalized spacial score (nSPS) is 10.6. The van der Waals surface area contributed by atoms with Crippen LogP contribution in [0, 0.1) is 0 Å². The third kappa shape index (κ3) is 5.61. The number of nitrogens with one attached hydrogen (secondary N) is 1. The van der Waals surface area contributed by atoms with Gasteiger partial charge in [-0.1, -0.05) is 47.6 Å². The van der Waals surface area contributed by atoms with E-state index in [2.05, 4.69) is 15.5 Å². The van der Waals surface area contributed by atoms with Gasteiger partial charge in [-0.25, -0.2) is 0 Å². The van der Waals surface area contributed by atoms with Gasteiger partial charge >= 0.3 is 0 Å². The minimum absolute atomic E-state index is 0.0527. The number of aromatic nitrogens is 3. The molecule has 1 N–H and O–H groups in total. The average molecular weight is 445 g/mol. The lowest BCUT2D eigenvalue weighted by Gasteiger charge is -2.10. The molecular formula is C21H21ClN4O3S. The predicted molar refractivity (Wildman–Crippen MR) is 117 cm³/mol. The number of nitrogens with zero attached hydrogens (tertiary/aromatic N) is 3. The van der Waals surface area contributed by atoms with Gasteiger partial charge < -0.3 is 14.6 Å². The summed E-state index contributed by atoms with van der Waals surface area (Å²) in [5, 5.41) is 12.3. The Morgan fingerprint density at radius 2 is 1.97 bits per heavy atom. The molecule has 1 aromatic heterocycles. The molecular weight excluding hydrogens is 424 g/mol. The lowest BCUT2D eigenvalue weighted by molar-refractivity contribution is -0.113. The Kier molecular flexibility index (Phi) is 7.48. The van der Waals surface area contributed by atoms with Crippen molar-refractivity contribution in [3.63, 3.8) is 0 Å². The fraction of sp³-hybridized carbons (Fsp3) is 0.238. The van der Waals surface area contributed by atoms with E-state index in [0.29, 0.717) is 39.5 Å². The van der Waals surface area contributed by atoms with Crippen molar-refractivity contribution in [2.75, 3.05) is 11.1 Å². The number of Topliss-reactive ketones (excluding diaryl/α,β-unsaturated/α-hetero) is 1. The molecule has 0 unspecified atom stereocenters. The molecule has 9 heteroatoms. The van der Waals surface area contributed by atoms with Crippen LogP contribution in [0.5, 0.6) is 5.75 Å². The summed E-state index contributed by atoms with van der Waals surface area (Å²) >= 11 is 7.40. The molecule has 156 valence electrons. The standard InChI is InChI=1S/C21H21ClN4O3S/c1-3-26-19(12-29-18-10-5-4-9-17(18)22)24-25-21(26)30-13-20(28)23-16-8-6-7-15(11-16)14(2)27/h4-11H,3,12-13H2,1-2H3,(H,23,28). The van der Waals surface area contributed by atoms with E-state index in [1.54, 1.807) is 36.4 Å². The molecule has 0 radical (unpaired) electrons. The first-order valence-electron chi connectivity index (χ1n) is 9.31. The third-order valence-corrected chi connectivity index (χ3v) is 5.47. The van der Waals surface area contributed by atoms with Crippen molar-refractivity contribution in [3.8, 4) is 5.75 Å². The number of ketones is 1. The van der Waals surface area contributed by atoms with Crippen molar-refractivity contribution < 1.29 is 14.3 Å². The van der Waals surface area contributed by atoms with Crippen molar-refractivity contribution in [1.29, 1.82) is 0 Å².